The van der Waals surface area contributed by atoms with Crippen molar-refractivity contribution in [3.63, 3.8) is 0 Å². The first-order valence-electron chi connectivity index (χ1n) is 9.12. The number of nitrogens with one attached hydrogen (secondary N) is 2. The molecule has 1 fully saturated rings. The van der Waals surface area contributed by atoms with Crippen molar-refractivity contribution in [2.24, 2.45) is 11.3 Å². The quantitative estimate of drug-likeness (QED) is 0.711. The number of carbonyl (C=O) groups excluding carboxylic acids is 1. The van der Waals surface area contributed by atoms with Crippen molar-refractivity contribution >= 4 is 6.03 Å². The lowest BCUT2D eigenvalue weighted by Crippen LogP contribution is -2.60. The van der Waals surface area contributed by atoms with Gasteiger partial charge < -0.3 is 20.3 Å². The minimum atomic E-state index is -0.128. The number of hydrogen-bond donors (Lipinski definition) is 3. The molecule has 26 heavy (non-hydrogen) atoms. The van der Waals surface area contributed by atoms with Gasteiger partial charge in [0, 0.05) is 25.1 Å². The minimum absolute atomic E-state index is 0.000177. The molecule has 1 aromatic heterocycles. The maximum atomic E-state index is 12.2. The second kappa shape index (κ2) is 7.91. The van der Waals surface area contributed by atoms with Crippen molar-refractivity contribution in [1.82, 2.24) is 15.8 Å². The Hall–Kier alpha value is -2.34. The standard InChI is InChI=1S/C20H27N3O3/c1-20(2)15(10-16-12-17(8-9-24)26-23-16)11-18(20)22-19(25)21-13-14-6-4-3-5-7-14/h3-7,12,15,18,24H,8-11,13H2,1-2H3,(H2,21,22,25). The van der Waals surface area contributed by atoms with Crippen LogP contribution < -0.4 is 10.6 Å². The fourth-order valence-electron chi connectivity index (χ4n) is 3.53. The summed E-state index contributed by atoms with van der Waals surface area (Å²) in [6, 6.07) is 11.8. The van der Waals surface area contributed by atoms with Gasteiger partial charge in [0.1, 0.15) is 5.76 Å². The van der Waals surface area contributed by atoms with E-state index in [-0.39, 0.29) is 24.1 Å². The van der Waals surface area contributed by atoms with Crippen molar-refractivity contribution in [3.05, 3.63) is 53.4 Å². The Morgan fingerprint density at radius 2 is 2.12 bits per heavy atom. The number of nitrogens with zero attached hydrogens (tertiary/aromatic N) is 1. The lowest BCUT2D eigenvalue weighted by molar-refractivity contribution is 0.0200. The van der Waals surface area contributed by atoms with Crippen LogP contribution in [0.15, 0.2) is 40.9 Å². The molecule has 3 rings (SSSR count). The molecule has 6 heteroatoms. The molecule has 0 spiro atoms. The van der Waals surface area contributed by atoms with E-state index in [0.717, 1.165) is 29.9 Å². The van der Waals surface area contributed by atoms with Crippen molar-refractivity contribution < 1.29 is 14.4 Å². The molecular formula is C20H27N3O3. The van der Waals surface area contributed by atoms with Gasteiger partial charge in [-0.3, -0.25) is 0 Å². The minimum Gasteiger partial charge on any atom is -0.396 e. The zero-order valence-electron chi connectivity index (χ0n) is 15.4. The summed E-state index contributed by atoms with van der Waals surface area (Å²) in [6.07, 6.45) is 2.24. The molecule has 1 heterocycles. The highest BCUT2D eigenvalue weighted by molar-refractivity contribution is 5.74. The first kappa shape index (κ1) is 18.5. The number of rotatable bonds is 7. The average molecular weight is 357 g/mol. The fourth-order valence-corrected chi connectivity index (χ4v) is 3.53. The predicted octanol–water partition coefficient (Wildman–Crippen LogP) is 2.67. The summed E-state index contributed by atoms with van der Waals surface area (Å²) < 4.78 is 5.22. The third kappa shape index (κ3) is 4.25. The van der Waals surface area contributed by atoms with Crippen LogP contribution in [0.3, 0.4) is 0 Å². The Morgan fingerprint density at radius 1 is 1.35 bits per heavy atom. The third-order valence-corrected chi connectivity index (χ3v) is 5.49. The van der Waals surface area contributed by atoms with Crippen molar-refractivity contribution in [2.45, 2.75) is 45.7 Å². The molecule has 140 valence electrons. The number of aliphatic hydroxyl groups is 1. The highest BCUT2D eigenvalue weighted by Gasteiger charge is 2.48. The largest absolute Gasteiger partial charge is 0.396 e. The van der Waals surface area contributed by atoms with E-state index in [0.29, 0.717) is 18.9 Å². The van der Waals surface area contributed by atoms with Gasteiger partial charge in [0.05, 0.1) is 12.3 Å². The normalized spacial score (nSPS) is 21.0. The van der Waals surface area contributed by atoms with Crippen LogP contribution in [0.1, 0.15) is 37.3 Å². The molecule has 0 aliphatic heterocycles. The SMILES string of the molecule is CC1(C)C(Cc2cc(CCO)on2)CC1NC(=O)NCc1ccccc1. The molecule has 1 aliphatic carbocycles. The summed E-state index contributed by atoms with van der Waals surface area (Å²) in [5, 5.41) is 19.0. The smallest absolute Gasteiger partial charge is 0.315 e. The van der Waals surface area contributed by atoms with E-state index in [9.17, 15) is 4.79 Å². The first-order chi connectivity index (χ1) is 12.5. The monoisotopic (exact) mass is 357 g/mol. The lowest BCUT2D eigenvalue weighted by Gasteiger charge is -2.52. The summed E-state index contributed by atoms with van der Waals surface area (Å²) in [5.74, 6) is 1.16. The van der Waals surface area contributed by atoms with E-state index in [1.54, 1.807) is 0 Å². The number of aromatic nitrogens is 1. The van der Waals surface area contributed by atoms with Crippen LogP contribution in [-0.2, 0) is 19.4 Å². The number of aliphatic hydroxyl groups excluding tert-OH is 1. The molecule has 2 atom stereocenters. The third-order valence-electron chi connectivity index (χ3n) is 5.49. The lowest BCUT2D eigenvalue weighted by atomic mass is 9.57. The van der Waals surface area contributed by atoms with Crippen LogP contribution in [0.4, 0.5) is 4.79 Å². The van der Waals surface area contributed by atoms with E-state index in [4.69, 9.17) is 9.63 Å². The predicted molar refractivity (Wildman–Crippen MR) is 98.5 cm³/mol. The van der Waals surface area contributed by atoms with Gasteiger partial charge in [0.25, 0.3) is 0 Å². The van der Waals surface area contributed by atoms with Gasteiger partial charge in [-0.2, -0.15) is 0 Å². The Bertz CT molecular complexity index is 727. The summed E-state index contributed by atoms with van der Waals surface area (Å²) in [6.45, 7) is 4.94. The Balaban J connectivity index is 1.46. The maximum Gasteiger partial charge on any atom is 0.315 e. The van der Waals surface area contributed by atoms with Crippen molar-refractivity contribution in [2.75, 3.05) is 6.61 Å². The Kier molecular flexibility index (Phi) is 5.61. The second-order valence-corrected chi connectivity index (χ2v) is 7.58. The first-order valence-corrected chi connectivity index (χ1v) is 9.12. The van der Waals surface area contributed by atoms with Crippen LogP contribution >= 0.6 is 0 Å². The van der Waals surface area contributed by atoms with Gasteiger partial charge in [-0.25, -0.2) is 4.79 Å². The fraction of sp³-hybridized carbons (Fsp3) is 0.500. The summed E-state index contributed by atoms with van der Waals surface area (Å²) >= 11 is 0. The number of benzene rings is 1. The number of amides is 2. The van der Waals surface area contributed by atoms with E-state index in [2.05, 4.69) is 29.6 Å². The van der Waals surface area contributed by atoms with Crippen LogP contribution in [0.5, 0.6) is 0 Å². The maximum absolute atomic E-state index is 12.2. The average Bonchev–Trinajstić information content (AvgIpc) is 3.07. The highest BCUT2D eigenvalue weighted by atomic mass is 16.5. The molecule has 0 bridgehead atoms. The van der Waals surface area contributed by atoms with Crippen molar-refractivity contribution in [3.8, 4) is 0 Å². The molecule has 1 aliphatic rings. The van der Waals surface area contributed by atoms with Gasteiger partial charge in [0.15, 0.2) is 0 Å². The van der Waals surface area contributed by atoms with Crippen LogP contribution in [-0.4, -0.2) is 28.9 Å². The molecule has 3 N–H and O–H groups in total. The summed E-state index contributed by atoms with van der Waals surface area (Å²) in [7, 11) is 0. The zero-order chi connectivity index (χ0) is 18.6. The van der Waals surface area contributed by atoms with E-state index < -0.39 is 0 Å². The van der Waals surface area contributed by atoms with Crippen LogP contribution in [0.25, 0.3) is 0 Å². The van der Waals surface area contributed by atoms with Gasteiger partial charge in [-0.05, 0) is 29.7 Å². The van der Waals surface area contributed by atoms with Crippen molar-refractivity contribution in [1.29, 1.82) is 0 Å². The van der Waals surface area contributed by atoms with E-state index >= 15 is 0 Å². The highest BCUT2D eigenvalue weighted by Crippen LogP contribution is 2.47. The molecule has 2 aromatic rings. The molecule has 1 saturated carbocycles. The molecule has 2 amide bonds. The Morgan fingerprint density at radius 3 is 2.81 bits per heavy atom. The number of urea groups is 1. The van der Waals surface area contributed by atoms with Gasteiger partial charge >= 0.3 is 6.03 Å². The van der Waals surface area contributed by atoms with E-state index in [1.807, 2.05) is 36.4 Å². The molecule has 2 unspecified atom stereocenters. The number of carbonyl (C=O) groups is 1. The number of hydrogen-bond acceptors (Lipinski definition) is 4. The van der Waals surface area contributed by atoms with Crippen LogP contribution in [0.2, 0.25) is 0 Å². The van der Waals surface area contributed by atoms with Gasteiger partial charge in [-0.1, -0.05) is 49.3 Å². The second-order valence-electron chi connectivity index (χ2n) is 7.58. The molecule has 1 aromatic carbocycles. The zero-order valence-corrected chi connectivity index (χ0v) is 15.4. The topological polar surface area (TPSA) is 87.4 Å². The Labute approximate surface area is 154 Å². The van der Waals surface area contributed by atoms with Gasteiger partial charge in [0.2, 0.25) is 0 Å². The molecule has 6 nitrogen and oxygen atoms in total. The molecule has 0 radical (unpaired) electrons. The van der Waals surface area contributed by atoms with Crippen LogP contribution in [0, 0.1) is 11.3 Å². The summed E-state index contributed by atoms with van der Waals surface area (Å²) in [4.78, 5) is 12.2. The molecule has 0 saturated heterocycles. The molecular weight excluding hydrogens is 330 g/mol. The summed E-state index contributed by atoms with van der Waals surface area (Å²) in [5.41, 5.74) is 2.00. The van der Waals surface area contributed by atoms with E-state index in [1.165, 1.54) is 0 Å². The van der Waals surface area contributed by atoms with Gasteiger partial charge in [-0.15, -0.1) is 0 Å².